The van der Waals surface area contributed by atoms with Gasteiger partial charge in [-0.05, 0) is 68.8 Å². The van der Waals surface area contributed by atoms with Gasteiger partial charge >= 0.3 is 0 Å². The molecule has 2 aromatic carbocycles. The number of halogens is 2. The van der Waals surface area contributed by atoms with Crippen LogP contribution in [0.1, 0.15) is 25.3 Å². The highest BCUT2D eigenvalue weighted by atomic mass is 19.1. The second-order valence-corrected chi connectivity index (χ2v) is 9.24. The maximum absolute atomic E-state index is 14.4. The van der Waals surface area contributed by atoms with Gasteiger partial charge < -0.3 is 19.9 Å². The average molecular weight is 493 g/mol. The Hall–Kier alpha value is -3.56. The molecule has 2 aliphatic rings. The summed E-state index contributed by atoms with van der Waals surface area (Å²) in [6, 6.07) is 12.3. The molecule has 36 heavy (non-hydrogen) atoms. The van der Waals surface area contributed by atoms with Crippen LogP contribution in [-0.2, 0) is 6.54 Å². The Balaban J connectivity index is 0.000000400. The first kappa shape index (κ1) is 24.1. The summed E-state index contributed by atoms with van der Waals surface area (Å²) >= 11 is 0. The number of anilines is 1. The first-order valence-electron chi connectivity index (χ1n) is 12.2. The highest BCUT2D eigenvalue weighted by molar-refractivity contribution is 5.72. The predicted molar refractivity (Wildman–Crippen MR) is 136 cm³/mol. The molecule has 2 N–H and O–H groups in total. The largest absolute Gasteiger partial charge is 0.395 e. The summed E-state index contributed by atoms with van der Waals surface area (Å²) in [7, 11) is 1.82. The van der Waals surface area contributed by atoms with E-state index in [1.165, 1.54) is 37.0 Å². The maximum atomic E-state index is 14.4. The number of benzene rings is 2. The molecule has 1 atom stereocenters. The van der Waals surface area contributed by atoms with Crippen LogP contribution in [0.25, 0.3) is 28.3 Å². The number of aliphatic hydroxyl groups excluding tert-OH is 1. The normalized spacial score (nSPS) is 14.9. The number of aromatic nitrogens is 4. The number of nitrogens with one attached hydrogen (secondary N) is 1. The van der Waals surface area contributed by atoms with Gasteiger partial charge in [0.25, 0.3) is 0 Å². The fourth-order valence-corrected chi connectivity index (χ4v) is 4.64. The van der Waals surface area contributed by atoms with Crippen molar-refractivity contribution in [3.8, 4) is 28.3 Å². The third kappa shape index (κ3) is 4.64. The maximum Gasteiger partial charge on any atom is 0.179 e. The molecule has 0 aliphatic carbocycles. The molecule has 1 fully saturated rings. The van der Waals surface area contributed by atoms with Gasteiger partial charge in [-0.25, -0.2) is 18.4 Å². The number of likely N-dealkylation sites (N-methyl/N-ethyl adjacent to an activating group) is 1. The smallest absolute Gasteiger partial charge is 0.179 e. The van der Waals surface area contributed by atoms with E-state index in [4.69, 9.17) is 5.11 Å². The van der Waals surface area contributed by atoms with E-state index in [0.717, 1.165) is 36.1 Å². The summed E-state index contributed by atoms with van der Waals surface area (Å²) in [5, 5.41) is 15.6. The first-order valence-corrected chi connectivity index (χ1v) is 12.2. The average Bonchev–Trinajstić information content (AvgIpc) is 3.64. The van der Waals surface area contributed by atoms with Crippen LogP contribution in [0.2, 0.25) is 0 Å². The van der Waals surface area contributed by atoms with Crippen LogP contribution < -0.4 is 10.2 Å². The van der Waals surface area contributed by atoms with E-state index in [1.54, 1.807) is 0 Å². The third-order valence-electron chi connectivity index (χ3n) is 6.79. The standard InChI is InChI=1S/C23H19F2N5.C4H11NO/c24-17-3-5-19(20(25)11-17)15-10-22-23-26-14-27-30(23)21-6-4-18(28-7-1-2-8-28)9-16(21)13-29(22)12-15;1-4(3-6)5-2/h3-6,9-12,14H,1-2,7-8,13H2;4-6H,3H2,1-2H3. The molecule has 6 rings (SSSR count). The minimum atomic E-state index is -0.583. The Labute approximate surface area is 209 Å². The van der Waals surface area contributed by atoms with Crippen LogP contribution in [0, 0.1) is 11.6 Å². The van der Waals surface area contributed by atoms with Crippen molar-refractivity contribution in [3.63, 3.8) is 0 Å². The van der Waals surface area contributed by atoms with Crippen LogP contribution in [0.3, 0.4) is 0 Å². The lowest BCUT2D eigenvalue weighted by Crippen LogP contribution is -2.24. The Morgan fingerprint density at radius 2 is 1.89 bits per heavy atom. The molecule has 2 aromatic heterocycles. The van der Waals surface area contributed by atoms with Gasteiger partial charge in [-0.1, -0.05) is 0 Å². The van der Waals surface area contributed by atoms with E-state index in [1.807, 2.05) is 30.9 Å². The lowest BCUT2D eigenvalue weighted by Gasteiger charge is -2.19. The van der Waals surface area contributed by atoms with E-state index >= 15 is 0 Å². The Morgan fingerprint density at radius 3 is 2.58 bits per heavy atom. The van der Waals surface area contributed by atoms with Crippen molar-refractivity contribution in [3.05, 3.63) is 72.2 Å². The van der Waals surface area contributed by atoms with Crippen LogP contribution in [-0.4, -0.2) is 57.2 Å². The number of hydrogen-bond acceptors (Lipinski definition) is 5. The molecule has 7 nitrogen and oxygen atoms in total. The van der Waals surface area contributed by atoms with Gasteiger partial charge in [0.1, 0.15) is 18.0 Å². The van der Waals surface area contributed by atoms with Crippen LogP contribution in [0.15, 0.2) is 55.0 Å². The highest BCUT2D eigenvalue weighted by Crippen LogP contribution is 2.35. The van der Waals surface area contributed by atoms with Gasteiger partial charge in [0.05, 0.1) is 18.0 Å². The zero-order chi connectivity index (χ0) is 25.2. The van der Waals surface area contributed by atoms with Crippen molar-refractivity contribution in [1.82, 2.24) is 24.6 Å². The topological polar surface area (TPSA) is 71.1 Å². The van der Waals surface area contributed by atoms with E-state index in [9.17, 15) is 8.78 Å². The van der Waals surface area contributed by atoms with Gasteiger partial charge in [-0.2, -0.15) is 5.10 Å². The van der Waals surface area contributed by atoms with Gasteiger partial charge in [0.2, 0.25) is 0 Å². The van der Waals surface area contributed by atoms with E-state index < -0.39 is 11.6 Å². The van der Waals surface area contributed by atoms with Crippen molar-refractivity contribution in [2.24, 2.45) is 0 Å². The second-order valence-electron chi connectivity index (χ2n) is 9.24. The van der Waals surface area contributed by atoms with Gasteiger partial charge in [-0.15, -0.1) is 0 Å². The monoisotopic (exact) mass is 492 g/mol. The molecule has 0 bridgehead atoms. The highest BCUT2D eigenvalue weighted by Gasteiger charge is 2.24. The molecule has 188 valence electrons. The van der Waals surface area contributed by atoms with Gasteiger partial charge in [0.15, 0.2) is 5.82 Å². The lowest BCUT2D eigenvalue weighted by molar-refractivity contribution is 0.258. The molecular formula is C27H30F2N6O. The summed E-state index contributed by atoms with van der Waals surface area (Å²) in [4.78, 5) is 6.87. The SMILES string of the molecule is CNC(C)CO.Fc1ccc(-c2cc3n(c2)Cc2cc(N4CCCC4)ccc2-n2ncnc2-3)c(F)c1. The minimum absolute atomic E-state index is 0.219. The number of fused-ring (bicyclic) bond motifs is 5. The predicted octanol–water partition coefficient (Wildman–Crippen LogP) is 4.23. The molecule has 1 saturated heterocycles. The molecule has 0 radical (unpaired) electrons. The number of aliphatic hydroxyl groups is 1. The van der Waals surface area contributed by atoms with Crippen molar-refractivity contribution < 1.29 is 13.9 Å². The van der Waals surface area contributed by atoms with Crippen molar-refractivity contribution in [2.75, 3.05) is 31.6 Å². The third-order valence-corrected chi connectivity index (χ3v) is 6.79. The van der Waals surface area contributed by atoms with Crippen LogP contribution in [0.4, 0.5) is 14.5 Å². The zero-order valence-corrected chi connectivity index (χ0v) is 20.5. The van der Waals surface area contributed by atoms with Crippen molar-refractivity contribution >= 4 is 5.69 Å². The molecule has 0 saturated carbocycles. The Morgan fingerprint density at radius 1 is 1.08 bits per heavy atom. The first-order chi connectivity index (χ1) is 17.5. The van der Waals surface area contributed by atoms with Gasteiger partial charge in [0, 0.05) is 54.8 Å². The summed E-state index contributed by atoms with van der Waals surface area (Å²) in [5.74, 6) is -0.453. The van der Waals surface area contributed by atoms with Gasteiger partial charge in [-0.3, -0.25) is 0 Å². The van der Waals surface area contributed by atoms with Crippen LogP contribution in [0.5, 0.6) is 0 Å². The molecule has 4 heterocycles. The quantitative estimate of drug-likeness (QED) is 0.393. The molecule has 9 heteroatoms. The molecule has 1 unspecified atom stereocenters. The van der Waals surface area contributed by atoms with Crippen molar-refractivity contribution in [1.29, 1.82) is 0 Å². The number of hydrogen-bond donors (Lipinski definition) is 2. The number of rotatable bonds is 4. The number of nitrogens with zero attached hydrogens (tertiary/aromatic N) is 5. The zero-order valence-electron chi connectivity index (χ0n) is 20.5. The second kappa shape index (κ2) is 10.2. The van der Waals surface area contributed by atoms with E-state index in [2.05, 4.69) is 43.1 Å². The summed E-state index contributed by atoms with van der Waals surface area (Å²) in [5.41, 5.74) is 5.26. The molecule has 4 aromatic rings. The molecule has 2 aliphatic heterocycles. The summed E-state index contributed by atoms with van der Waals surface area (Å²) < 4.78 is 31.7. The molecule has 0 spiro atoms. The van der Waals surface area contributed by atoms with E-state index in [0.29, 0.717) is 23.5 Å². The lowest BCUT2D eigenvalue weighted by atomic mass is 10.1. The fraction of sp³-hybridized carbons (Fsp3) is 0.333. The van der Waals surface area contributed by atoms with Crippen LogP contribution >= 0.6 is 0 Å². The minimum Gasteiger partial charge on any atom is -0.395 e. The fourth-order valence-electron chi connectivity index (χ4n) is 4.64. The van der Waals surface area contributed by atoms with E-state index in [-0.39, 0.29) is 12.6 Å². The molecule has 0 amide bonds. The molecular weight excluding hydrogens is 462 g/mol. The Bertz CT molecular complexity index is 1350. The van der Waals surface area contributed by atoms with Crippen molar-refractivity contribution in [2.45, 2.75) is 32.4 Å². The summed E-state index contributed by atoms with van der Waals surface area (Å²) in [6.07, 6.45) is 5.88. The summed E-state index contributed by atoms with van der Waals surface area (Å²) in [6.45, 7) is 4.92. The Kier molecular flexibility index (Phi) is 6.84.